The van der Waals surface area contributed by atoms with Gasteiger partial charge >= 0.3 is 5.92 Å². The third kappa shape index (κ3) is 1.84. The van der Waals surface area contributed by atoms with E-state index in [0.29, 0.717) is 0 Å². The Hall–Kier alpha value is 2.76. The van der Waals surface area contributed by atoms with Crippen LogP contribution >= 0.6 is 116 Å². The van der Waals surface area contributed by atoms with E-state index in [2.05, 4.69) is 0 Å². The van der Waals surface area contributed by atoms with Crippen LogP contribution in [-0.2, 0) is 0 Å². The van der Waals surface area contributed by atoms with Crippen molar-refractivity contribution in [1.29, 1.82) is 0 Å². The minimum atomic E-state index is -4.34. The minimum absolute atomic E-state index is 2.71. The Morgan fingerprint density at radius 1 is 0.389 bits per heavy atom. The third-order valence-electron chi connectivity index (χ3n) is 2.37. The second-order valence-electron chi connectivity index (χ2n) is 3.45. The Morgan fingerprint density at radius 3 is 0.778 bits per heavy atom. The van der Waals surface area contributed by atoms with Crippen molar-refractivity contribution in [1.82, 2.24) is 0 Å². The zero-order valence-electron chi connectivity index (χ0n) is 7.54. The van der Waals surface area contributed by atoms with E-state index >= 15 is 0 Å². The predicted molar refractivity (Wildman–Crippen MR) is 77.1 cm³/mol. The van der Waals surface area contributed by atoms with Crippen LogP contribution in [0.25, 0.3) is 0 Å². The summed E-state index contributed by atoms with van der Waals surface area (Å²) < 4.78 is 13.2. The van der Waals surface area contributed by atoms with Crippen LogP contribution in [0.5, 0.6) is 0 Å². The van der Waals surface area contributed by atoms with Gasteiger partial charge in [0.25, 0.3) is 0 Å². The first-order valence-electron chi connectivity index (χ1n) is 3.77. The number of halogens is 12. The van der Waals surface area contributed by atoms with Crippen molar-refractivity contribution in [3.63, 3.8) is 0 Å². The molecule has 1 fully saturated rings. The minimum Gasteiger partial charge on any atom is -0.200 e. The lowest BCUT2D eigenvalue weighted by molar-refractivity contribution is -0.0605. The molecule has 18 heavy (non-hydrogen) atoms. The van der Waals surface area contributed by atoms with Crippen molar-refractivity contribution in [2.24, 2.45) is 0 Å². The number of hydrogen-bond donors (Lipinski definition) is 0. The van der Waals surface area contributed by atoms with E-state index in [-0.39, 0.29) is 0 Å². The Kier molecular flexibility index (Phi) is 4.84. The van der Waals surface area contributed by atoms with Gasteiger partial charge in [0.15, 0.2) is 13.0 Å². The average molecular weight is 465 g/mol. The lowest BCUT2D eigenvalue weighted by atomic mass is 9.91. The van der Waals surface area contributed by atoms with E-state index in [1.54, 1.807) is 0 Å². The molecule has 0 atom stereocenters. The Bertz CT molecular complexity index is 256. The summed E-state index contributed by atoms with van der Waals surface area (Å²) in [5, 5.41) is 0. The molecule has 1 saturated carbocycles. The Morgan fingerprint density at radius 2 is 0.556 bits per heavy atom. The molecular weight excluding hydrogens is 465 g/mol. The molecule has 0 aliphatic heterocycles. The van der Waals surface area contributed by atoms with Gasteiger partial charge in [0, 0.05) is 0 Å². The zero-order chi connectivity index (χ0) is 15.0. The highest BCUT2D eigenvalue weighted by molar-refractivity contribution is 6.78. The second-order valence-corrected chi connectivity index (χ2v) is 10.1. The largest absolute Gasteiger partial charge is 0.318 e. The van der Waals surface area contributed by atoms with E-state index in [4.69, 9.17) is 116 Å². The highest BCUT2D eigenvalue weighted by Gasteiger charge is 2.90. The van der Waals surface area contributed by atoms with Crippen LogP contribution < -0.4 is 0 Å². The fourth-order valence-electron chi connectivity index (χ4n) is 1.18. The molecule has 0 aromatic heterocycles. The van der Waals surface area contributed by atoms with Crippen molar-refractivity contribution >= 4 is 116 Å². The molecular formula is C6Cl10F2. The summed E-state index contributed by atoms with van der Waals surface area (Å²) in [4.78, 5) is 0. The van der Waals surface area contributed by atoms with Crippen molar-refractivity contribution in [2.45, 2.75) is 27.6 Å². The van der Waals surface area contributed by atoms with Gasteiger partial charge in [0.2, 0.25) is 8.67 Å². The topological polar surface area (TPSA) is 0 Å². The molecule has 1 rings (SSSR count). The van der Waals surface area contributed by atoms with Gasteiger partial charge in [-0.05, 0) is 0 Å². The molecule has 108 valence electrons. The predicted octanol–water partition coefficient (Wildman–Crippen LogP) is 6.50. The summed E-state index contributed by atoms with van der Waals surface area (Å²) in [5.41, 5.74) is 0. The fraction of sp³-hybridized carbons (Fsp3) is 1.00. The Labute approximate surface area is 151 Å². The molecule has 0 heterocycles. The molecule has 0 unspecified atom stereocenters. The molecule has 0 radical (unpaired) electrons. The zero-order valence-corrected chi connectivity index (χ0v) is 15.1. The van der Waals surface area contributed by atoms with Crippen molar-refractivity contribution in [2.75, 3.05) is 0 Å². The first-order valence-corrected chi connectivity index (χ1v) is 7.55. The summed E-state index contributed by atoms with van der Waals surface area (Å²) in [5.74, 6) is -4.34. The molecule has 0 spiro atoms. The lowest BCUT2D eigenvalue weighted by Gasteiger charge is -2.59. The first-order chi connectivity index (χ1) is 7.50. The highest BCUT2D eigenvalue weighted by atomic mass is 35.6. The lowest BCUT2D eigenvalue weighted by Crippen LogP contribution is -2.79. The van der Waals surface area contributed by atoms with E-state index in [0.717, 1.165) is 0 Å². The van der Waals surface area contributed by atoms with Crippen LogP contribution in [0.4, 0.5) is 8.78 Å². The van der Waals surface area contributed by atoms with Crippen molar-refractivity contribution < 1.29 is 8.78 Å². The summed E-state index contributed by atoms with van der Waals surface area (Å²) >= 11 is 55.7. The highest BCUT2D eigenvalue weighted by Crippen LogP contribution is 2.76. The van der Waals surface area contributed by atoms with Gasteiger partial charge in [-0.1, -0.05) is 116 Å². The van der Waals surface area contributed by atoms with Crippen LogP contribution in [0.2, 0.25) is 0 Å². The summed E-state index contributed by atoms with van der Waals surface area (Å²) in [6.45, 7) is 0. The standard InChI is InChI=1S/C6Cl10F2/c7-1(8)2(9,10)4(13,14)6(17,18)5(15,16)3(1,11)12. The molecule has 0 saturated heterocycles. The van der Waals surface area contributed by atoms with Crippen LogP contribution in [-0.4, -0.2) is 27.6 Å². The Balaban J connectivity index is 3.72. The van der Waals surface area contributed by atoms with Gasteiger partial charge in [-0.25, -0.2) is 0 Å². The average Bonchev–Trinajstić information content (AvgIpc) is 2.14. The monoisotopic (exact) mass is 460 g/mol. The summed E-state index contributed by atoms with van der Waals surface area (Å²) in [6, 6.07) is 0. The van der Waals surface area contributed by atoms with Crippen LogP contribution in [0.15, 0.2) is 0 Å². The molecule has 0 N–H and O–H groups in total. The van der Waals surface area contributed by atoms with Gasteiger partial charge in [0.05, 0.1) is 0 Å². The van der Waals surface area contributed by atoms with Crippen LogP contribution in [0.3, 0.4) is 0 Å². The molecule has 1 aliphatic carbocycles. The van der Waals surface area contributed by atoms with E-state index in [9.17, 15) is 8.78 Å². The third-order valence-corrected chi connectivity index (χ3v) is 9.40. The fourth-order valence-corrected chi connectivity index (χ4v) is 4.70. The number of alkyl halides is 12. The van der Waals surface area contributed by atoms with Crippen molar-refractivity contribution in [3.05, 3.63) is 0 Å². The quantitative estimate of drug-likeness (QED) is 0.359. The van der Waals surface area contributed by atoms with Gasteiger partial charge in [-0.15, -0.1) is 0 Å². The van der Waals surface area contributed by atoms with E-state index in [1.807, 2.05) is 0 Å². The van der Waals surface area contributed by atoms with Gasteiger partial charge in [-0.3, -0.25) is 0 Å². The molecule has 0 aromatic carbocycles. The van der Waals surface area contributed by atoms with E-state index < -0.39 is 27.6 Å². The van der Waals surface area contributed by atoms with Crippen LogP contribution in [0.1, 0.15) is 0 Å². The molecule has 0 nitrogen and oxygen atoms in total. The first kappa shape index (κ1) is 18.8. The van der Waals surface area contributed by atoms with Crippen LogP contribution in [0, 0.1) is 0 Å². The van der Waals surface area contributed by atoms with Gasteiger partial charge in [0.1, 0.15) is 0 Å². The van der Waals surface area contributed by atoms with Gasteiger partial charge < -0.3 is 0 Å². The molecule has 0 amide bonds. The maximum Gasteiger partial charge on any atom is 0.318 e. The van der Waals surface area contributed by atoms with E-state index in [1.165, 1.54) is 0 Å². The van der Waals surface area contributed by atoms with Gasteiger partial charge in [-0.2, -0.15) is 8.78 Å². The summed E-state index contributed by atoms with van der Waals surface area (Å²) in [6.07, 6.45) is 0. The van der Waals surface area contributed by atoms with Crippen molar-refractivity contribution in [3.8, 4) is 0 Å². The summed E-state index contributed by atoms with van der Waals surface area (Å²) in [7, 11) is 0. The molecule has 0 aromatic rings. The number of rotatable bonds is 0. The second kappa shape index (κ2) is 4.63. The SMILES string of the molecule is FC1(F)C(Cl)(Cl)C(Cl)(Cl)C(Cl)(Cl)C(Cl)(Cl)C1(Cl)Cl. The number of hydrogen-bond acceptors (Lipinski definition) is 0. The maximum absolute atomic E-state index is 14.1. The molecule has 1 aliphatic rings. The maximum atomic E-state index is 14.1. The molecule has 0 bridgehead atoms. The molecule has 12 heteroatoms. The smallest absolute Gasteiger partial charge is 0.200 e. The normalized spacial score (nSPS) is 34.0.